The number of hydrogen-bond donors (Lipinski definition) is 2. The summed E-state index contributed by atoms with van der Waals surface area (Å²) < 4.78 is 0. The van der Waals surface area contributed by atoms with Gasteiger partial charge in [0.1, 0.15) is 0 Å². The zero-order valence-electron chi connectivity index (χ0n) is 8.72. The Labute approximate surface area is 85.6 Å². The maximum absolute atomic E-state index is 11.6. The van der Waals surface area contributed by atoms with Crippen LogP contribution in [0.15, 0.2) is 0 Å². The fourth-order valence-electron chi connectivity index (χ4n) is 2.03. The predicted octanol–water partition coefficient (Wildman–Crippen LogP) is 0.902. The van der Waals surface area contributed by atoms with E-state index in [0.717, 1.165) is 38.4 Å². The minimum absolute atomic E-state index is 0.225. The summed E-state index contributed by atoms with van der Waals surface area (Å²) in [5.74, 6) is 1.40. The van der Waals surface area contributed by atoms with Crippen LogP contribution in [0, 0.1) is 11.8 Å². The third-order valence-electron chi connectivity index (χ3n) is 3.22. The van der Waals surface area contributed by atoms with E-state index in [0.29, 0.717) is 0 Å². The molecule has 1 amide bonds. The highest BCUT2D eigenvalue weighted by atomic mass is 16.1. The first kappa shape index (κ1) is 9.97. The Bertz CT molecular complexity index is 195. The number of nitrogens with one attached hydrogen (secondary N) is 2. The number of carbonyl (C=O) groups is 1. The van der Waals surface area contributed by atoms with Crippen molar-refractivity contribution in [2.75, 3.05) is 19.6 Å². The quantitative estimate of drug-likeness (QED) is 0.701. The topological polar surface area (TPSA) is 41.1 Å². The van der Waals surface area contributed by atoms with Gasteiger partial charge < -0.3 is 10.6 Å². The third-order valence-corrected chi connectivity index (χ3v) is 3.22. The molecule has 1 aliphatic heterocycles. The molecule has 1 atom stereocenters. The summed E-state index contributed by atoms with van der Waals surface area (Å²) in [6.45, 7) is 2.83. The smallest absolute Gasteiger partial charge is 0.224 e. The molecule has 0 bridgehead atoms. The molecule has 3 nitrogen and oxygen atoms in total. The van der Waals surface area contributed by atoms with Crippen molar-refractivity contribution >= 4 is 5.91 Å². The molecule has 0 spiro atoms. The third kappa shape index (κ3) is 2.98. The number of carbonyl (C=O) groups excluding carboxylic acids is 1. The number of piperidine rings is 1. The average Bonchev–Trinajstić information content (AvgIpc) is 3.03. The van der Waals surface area contributed by atoms with Crippen LogP contribution in [0.3, 0.4) is 0 Å². The van der Waals surface area contributed by atoms with Crippen molar-refractivity contribution < 1.29 is 4.79 Å². The van der Waals surface area contributed by atoms with E-state index in [-0.39, 0.29) is 11.8 Å². The van der Waals surface area contributed by atoms with Crippen molar-refractivity contribution in [2.45, 2.75) is 32.1 Å². The fourth-order valence-corrected chi connectivity index (χ4v) is 2.03. The van der Waals surface area contributed by atoms with Crippen molar-refractivity contribution in [2.24, 2.45) is 11.8 Å². The van der Waals surface area contributed by atoms with Crippen LogP contribution in [-0.2, 0) is 4.79 Å². The number of amides is 1. The Morgan fingerprint density at radius 2 is 2.21 bits per heavy atom. The van der Waals surface area contributed by atoms with Gasteiger partial charge in [0.05, 0.1) is 5.92 Å². The summed E-state index contributed by atoms with van der Waals surface area (Å²) in [6, 6.07) is 0. The van der Waals surface area contributed by atoms with Crippen molar-refractivity contribution in [1.82, 2.24) is 10.6 Å². The highest BCUT2D eigenvalue weighted by molar-refractivity contribution is 5.78. The lowest BCUT2D eigenvalue weighted by Crippen LogP contribution is -2.40. The number of rotatable bonds is 4. The average molecular weight is 196 g/mol. The van der Waals surface area contributed by atoms with E-state index >= 15 is 0 Å². The highest BCUT2D eigenvalue weighted by Crippen LogP contribution is 2.31. The fraction of sp³-hybridized carbons (Fsp3) is 0.909. The molecular formula is C11H20N2O. The molecule has 0 aromatic carbocycles. The van der Waals surface area contributed by atoms with Crippen molar-refractivity contribution in [1.29, 1.82) is 0 Å². The van der Waals surface area contributed by atoms with Gasteiger partial charge in [-0.15, -0.1) is 0 Å². The first-order valence-corrected chi connectivity index (χ1v) is 5.84. The minimum atomic E-state index is 0.225. The summed E-state index contributed by atoms with van der Waals surface area (Å²) >= 11 is 0. The van der Waals surface area contributed by atoms with Gasteiger partial charge in [0.25, 0.3) is 0 Å². The monoisotopic (exact) mass is 196 g/mol. The SMILES string of the molecule is O=C(NCCC1CC1)[C@H]1CCCNC1. The Morgan fingerprint density at radius 1 is 1.36 bits per heavy atom. The maximum Gasteiger partial charge on any atom is 0.224 e. The molecule has 1 aliphatic carbocycles. The van der Waals surface area contributed by atoms with Gasteiger partial charge in [-0.1, -0.05) is 12.8 Å². The summed E-state index contributed by atoms with van der Waals surface area (Å²) in [7, 11) is 0. The Hall–Kier alpha value is -0.570. The molecule has 0 unspecified atom stereocenters. The molecule has 2 aliphatic rings. The molecule has 1 saturated carbocycles. The summed E-state index contributed by atoms with van der Waals surface area (Å²) in [6.07, 6.45) is 6.14. The second kappa shape index (κ2) is 4.78. The second-order valence-electron chi connectivity index (χ2n) is 4.57. The molecule has 14 heavy (non-hydrogen) atoms. The molecule has 2 fully saturated rings. The normalized spacial score (nSPS) is 27.3. The van der Waals surface area contributed by atoms with E-state index in [9.17, 15) is 4.79 Å². The molecular weight excluding hydrogens is 176 g/mol. The summed E-state index contributed by atoms with van der Waals surface area (Å²) in [5, 5.41) is 6.31. The minimum Gasteiger partial charge on any atom is -0.356 e. The standard InChI is InChI=1S/C11H20N2O/c14-11(10-2-1-6-12-8-10)13-7-5-9-3-4-9/h9-10,12H,1-8H2,(H,13,14)/t10-/m0/s1. The van der Waals surface area contributed by atoms with Crippen molar-refractivity contribution in [3.8, 4) is 0 Å². The van der Waals surface area contributed by atoms with Gasteiger partial charge in [0.2, 0.25) is 5.91 Å². The lowest BCUT2D eigenvalue weighted by molar-refractivity contribution is -0.125. The molecule has 0 radical (unpaired) electrons. The summed E-state index contributed by atoms with van der Waals surface area (Å²) in [5.41, 5.74) is 0. The Kier molecular flexibility index (Phi) is 3.40. The van der Waals surface area contributed by atoms with Crippen LogP contribution in [0.1, 0.15) is 32.1 Å². The van der Waals surface area contributed by atoms with Crippen LogP contribution in [-0.4, -0.2) is 25.5 Å². The van der Waals surface area contributed by atoms with Crippen molar-refractivity contribution in [3.05, 3.63) is 0 Å². The molecule has 1 saturated heterocycles. The van der Waals surface area contributed by atoms with Crippen LogP contribution in [0.25, 0.3) is 0 Å². The molecule has 1 heterocycles. The lowest BCUT2D eigenvalue weighted by Gasteiger charge is -2.21. The zero-order valence-corrected chi connectivity index (χ0v) is 8.72. The van der Waals surface area contributed by atoms with E-state index < -0.39 is 0 Å². The molecule has 0 aromatic heterocycles. The van der Waals surface area contributed by atoms with Crippen molar-refractivity contribution in [3.63, 3.8) is 0 Å². The molecule has 2 rings (SSSR count). The number of hydrogen-bond acceptors (Lipinski definition) is 2. The van der Waals surface area contributed by atoms with E-state index in [1.54, 1.807) is 0 Å². The van der Waals surface area contributed by atoms with Crippen LogP contribution in [0.5, 0.6) is 0 Å². The zero-order chi connectivity index (χ0) is 9.80. The van der Waals surface area contributed by atoms with Crippen LogP contribution in [0.4, 0.5) is 0 Å². The van der Waals surface area contributed by atoms with Gasteiger partial charge in [-0.3, -0.25) is 4.79 Å². The van der Waals surface area contributed by atoms with Crippen LogP contribution in [0.2, 0.25) is 0 Å². The van der Waals surface area contributed by atoms with Gasteiger partial charge >= 0.3 is 0 Å². The Balaban J connectivity index is 1.60. The van der Waals surface area contributed by atoms with E-state index in [4.69, 9.17) is 0 Å². The molecule has 2 N–H and O–H groups in total. The van der Waals surface area contributed by atoms with Gasteiger partial charge in [-0.05, 0) is 31.7 Å². The van der Waals surface area contributed by atoms with E-state index in [1.165, 1.54) is 19.3 Å². The lowest BCUT2D eigenvalue weighted by atomic mass is 9.99. The molecule has 0 aromatic rings. The van der Waals surface area contributed by atoms with E-state index in [1.807, 2.05) is 0 Å². The highest BCUT2D eigenvalue weighted by Gasteiger charge is 2.23. The Morgan fingerprint density at radius 3 is 2.86 bits per heavy atom. The largest absolute Gasteiger partial charge is 0.356 e. The molecule has 80 valence electrons. The van der Waals surface area contributed by atoms with Crippen LogP contribution < -0.4 is 10.6 Å². The van der Waals surface area contributed by atoms with Crippen LogP contribution >= 0.6 is 0 Å². The molecule has 3 heteroatoms. The van der Waals surface area contributed by atoms with Gasteiger partial charge in [-0.2, -0.15) is 0 Å². The maximum atomic E-state index is 11.6. The first-order chi connectivity index (χ1) is 6.86. The van der Waals surface area contributed by atoms with Gasteiger partial charge in [-0.25, -0.2) is 0 Å². The first-order valence-electron chi connectivity index (χ1n) is 5.84. The van der Waals surface area contributed by atoms with Gasteiger partial charge in [0.15, 0.2) is 0 Å². The van der Waals surface area contributed by atoms with E-state index in [2.05, 4.69) is 10.6 Å². The second-order valence-corrected chi connectivity index (χ2v) is 4.57. The summed E-state index contributed by atoms with van der Waals surface area (Å²) in [4.78, 5) is 11.6. The van der Waals surface area contributed by atoms with Gasteiger partial charge in [0, 0.05) is 13.1 Å². The predicted molar refractivity (Wildman–Crippen MR) is 55.9 cm³/mol.